The standard InChI is InChI=1S/C24H22N4/c1-4-18-9-11-21(12-10-18)28-16(2)13-19(17(28)3)14-20(15-25)24-26-22-7-5-6-8-23(22)27-24/h5-14H,4H2,1-3H3,(H,26,27)/b20-14-. The van der Waals surface area contributed by atoms with Crippen molar-refractivity contribution in [3.8, 4) is 11.8 Å². The lowest BCUT2D eigenvalue weighted by atomic mass is 10.1. The van der Waals surface area contributed by atoms with Gasteiger partial charge in [-0.25, -0.2) is 4.98 Å². The molecule has 28 heavy (non-hydrogen) atoms. The van der Waals surface area contributed by atoms with Gasteiger partial charge < -0.3 is 9.55 Å². The Hall–Kier alpha value is -3.58. The normalized spacial score (nSPS) is 11.7. The van der Waals surface area contributed by atoms with Crippen LogP contribution in [0.5, 0.6) is 0 Å². The van der Waals surface area contributed by atoms with Gasteiger partial charge in [-0.05, 0) is 67.8 Å². The molecule has 2 aromatic heterocycles. The molecule has 4 rings (SSSR count). The first-order valence-electron chi connectivity index (χ1n) is 9.46. The van der Waals surface area contributed by atoms with Crippen LogP contribution in [-0.2, 0) is 6.42 Å². The minimum atomic E-state index is 0.526. The maximum absolute atomic E-state index is 9.72. The third-order valence-electron chi connectivity index (χ3n) is 5.14. The summed E-state index contributed by atoms with van der Waals surface area (Å²) in [6.45, 7) is 6.33. The Bertz CT molecular complexity index is 1180. The molecular weight excluding hydrogens is 344 g/mol. The summed E-state index contributed by atoms with van der Waals surface area (Å²) >= 11 is 0. The zero-order valence-corrected chi connectivity index (χ0v) is 16.3. The van der Waals surface area contributed by atoms with Crippen LogP contribution in [0.15, 0.2) is 54.6 Å². The largest absolute Gasteiger partial charge is 0.337 e. The van der Waals surface area contributed by atoms with Crippen molar-refractivity contribution in [2.24, 2.45) is 0 Å². The van der Waals surface area contributed by atoms with E-state index in [0.717, 1.165) is 40.1 Å². The van der Waals surface area contributed by atoms with E-state index < -0.39 is 0 Å². The Balaban J connectivity index is 1.77. The number of benzene rings is 2. The molecule has 0 saturated carbocycles. The van der Waals surface area contributed by atoms with Gasteiger partial charge in [-0.3, -0.25) is 0 Å². The Kier molecular flexibility index (Phi) is 4.58. The van der Waals surface area contributed by atoms with Crippen molar-refractivity contribution in [2.45, 2.75) is 27.2 Å². The predicted molar refractivity (Wildman–Crippen MR) is 114 cm³/mol. The summed E-state index contributed by atoms with van der Waals surface area (Å²) in [6.07, 6.45) is 2.94. The molecule has 4 aromatic rings. The van der Waals surface area contributed by atoms with Crippen LogP contribution in [0.1, 0.15) is 35.3 Å². The van der Waals surface area contributed by atoms with E-state index in [1.165, 1.54) is 5.56 Å². The number of aromatic nitrogens is 3. The Labute approximate surface area is 164 Å². The van der Waals surface area contributed by atoms with Crippen molar-refractivity contribution in [1.82, 2.24) is 14.5 Å². The number of nitrogens with one attached hydrogen (secondary N) is 1. The molecule has 0 saturated heterocycles. The summed E-state index contributed by atoms with van der Waals surface area (Å²) < 4.78 is 2.22. The summed E-state index contributed by atoms with van der Waals surface area (Å²) in [4.78, 5) is 7.81. The summed E-state index contributed by atoms with van der Waals surface area (Å²) in [5, 5.41) is 9.72. The zero-order chi connectivity index (χ0) is 19.7. The number of aromatic amines is 1. The highest BCUT2D eigenvalue weighted by atomic mass is 15.0. The van der Waals surface area contributed by atoms with Crippen LogP contribution in [0, 0.1) is 25.2 Å². The van der Waals surface area contributed by atoms with Gasteiger partial charge in [-0.2, -0.15) is 5.26 Å². The lowest BCUT2D eigenvalue weighted by molar-refractivity contribution is 0.961. The van der Waals surface area contributed by atoms with E-state index in [0.29, 0.717) is 11.4 Å². The van der Waals surface area contributed by atoms with Gasteiger partial charge in [0.1, 0.15) is 11.9 Å². The third-order valence-corrected chi connectivity index (χ3v) is 5.14. The lowest BCUT2D eigenvalue weighted by Crippen LogP contribution is -1.99. The monoisotopic (exact) mass is 366 g/mol. The Morgan fingerprint density at radius 2 is 1.89 bits per heavy atom. The highest BCUT2D eigenvalue weighted by Gasteiger charge is 2.13. The molecule has 0 aliphatic carbocycles. The van der Waals surface area contributed by atoms with Gasteiger partial charge in [0.25, 0.3) is 0 Å². The average molecular weight is 366 g/mol. The highest BCUT2D eigenvalue weighted by Crippen LogP contribution is 2.25. The summed E-state index contributed by atoms with van der Waals surface area (Å²) in [7, 11) is 0. The summed E-state index contributed by atoms with van der Waals surface area (Å²) in [5.74, 6) is 0.598. The number of H-pyrrole nitrogens is 1. The molecule has 0 unspecified atom stereocenters. The Morgan fingerprint density at radius 1 is 1.14 bits per heavy atom. The molecule has 0 aliphatic heterocycles. The summed E-state index contributed by atoms with van der Waals surface area (Å²) in [5.41, 5.74) is 8.03. The van der Waals surface area contributed by atoms with Crippen molar-refractivity contribution in [3.05, 3.63) is 82.9 Å². The number of rotatable bonds is 4. The number of hydrogen-bond donors (Lipinski definition) is 1. The van der Waals surface area contributed by atoms with Crippen LogP contribution in [0.4, 0.5) is 0 Å². The number of aryl methyl sites for hydroxylation is 2. The molecule has 0 atom stereocenters. The molecule has 0 radical (unpaired) electrons. The fraction of sp³-hybridized carbons (Fsp3) is 0.167. The van der Waals surface area contributed by atoms with Gasteiger partial charge in [0, 0.05) is 17.1 Å². The van der Waals surface area contributed by atoms with Gasteiger partial charge in [0.2, 0.25) is 0 Å². The van der Waals surface area contributed by atoms with Gasteiger partial charge in [-0.1, -0.05) is 31.2 Å². The van der Waals surface area contributed by atoms with E-state index in [-0.39, 0.29) is 0 Å². The van der Waals surface area contributed by atoms with Crippen LogP contribution in [0.2, 0.25) is 0 Å². The highest BCUT2D eigenvalue weighted by molar-refractivity contribution is 5.90. The molecule has 0 aliphatic rings. The first kappa shape index (κ1) is 17.8. The van der Waals surface area contributed by atoms with Crippen LogP contribution < -0.4 is 0 Å². The predicted octanol–water partition coefficient (Wildman–Crippen LogP) is 5.60. The molecule has 0 fully saturated rings. The molecule has 2 aromatic carbocycles. The number of fused-ring (bicyclic) bond motifs is 1. The molecule has 0 amide bonds. The van der Waals surface area contributed by atoms with E-state index in [2.05, 4.69) is 71.7 Å². The Morgan fingerprint density at radius 3 is 2.57 bits per heavy atom. The number of allylic oxidation sites excluding steroid dienone is 1. The molecule has 4 nitrogen and oxygen atoms in total. The van der Waals surface area contributed by atoms with Crippen molar-refractivity contribution in [3.63, 3.8) is 0 Å². The number of hydrogen-bond acceptors (Lipinski definition) is 2. The number of nitriles is 1. The minimum absolute atomic E-state index is 0.526. The van der Waals surface area contributed by atoms with E-state index in [9.17, 15) is 5.26 Å². The molecule has 138 valence electrons. The van der Waals surface area contributed by atoms with Crippen LogP contribution in [0.3, 0.4) is 0 Å². The molecule has 1 N–H and O–H groups in total. The molecule has 4 heteroatoms. The van der Waals surface area contributed by atoms with Crippen molar-refractivity contribution in [2.75, 3.05) is 0 Å². The topological polar surface area (TPSA) is 57.4 Å². The first-order chi connectivity index (χ1) is 13.6. The molecule has 0 spiro atoms. The van der Waals surface area contributed by atoms with Crippen LogP contribution >= 0.6 is 0 Å². The second-order valence-corrected chi connectivity index (χ2v) is 6.95. The first-order valence-corrected chi connectivity index (χ1v) is 9.46. The SMILES string of the molecule is CCc1ccc(-n2c(C)cc(/C=C(/C#N)c3nc4ccccc4[nH]3)c2C)cc1. The van der Waals surface area contributed by atoms with E-state index >= 15 is 0 Å². The van der Waals surface area contributed by atoms with Gasteiger partial charge in [0.15, 0.2) is 0 Å². The molecular formula is C24H22N4. The van der Waals surface area contributed by atoms with Gasteiger partial charge in [-0.15, -0.1) is 0 Å². The second kappa shape index (κ2) is 7.21. The quantitative estimate of drug-likeness (QED) is 0.478. The number of para-hydroxylation sites is 2. The third kappa shape index (κ3) is 3.12. The van der Waals surface area contributed by atoms with Gasteiger partial charge in [0.05, 0.1) is 16.6 Å². The summed E-state index contributed by atoms with van der Waals surface area (Å²) in [6, 6.07) is 20.8. The number of nitrogens with zero attached hydrogens (tertiary/aromatic N) is 3. The smallest absolute Gasteiger partial charge is 0.149 e. The fourth-order valence-corrected chi connectivity index (χ4v) is 3.60. The maximum Gasteiger partial charge on any atom is 0.149 e. The molecule has 0 bridgehead atoms. The van der Waals surface area contributed by atoms with Gasteiger partial charge >= 0.3 is 0 Å². The van der Waals surface area contributed by atoms with Crippen LogP contribution in [-0.4, -0.2) is 14.5 Å². The zero-order valence-electron chi connectivity index (χ0n) is 16.3. The van der Waals surface area contributed by atoms with Crippen molar-refractivity contribution >= 4 is 22.7 Å². The minimum Gasteiger partial charge on any atom is -0.337 e. The van der Waals surface area contributed by atoms with Crippen molar-refractivity contribution < 1.29 is 0 Å². The van der Waals surface area contributed by atoms with Crippen molar-refractivity contribution in [1.29, 1.82) is 5.26 Å². The molecule has 2 heterocycles. The van der Waals surface area contributed by atoms with E-state index in [1.807, 2.05) is 30.3 Å². The fourth-order valence-electron chi connectivity index (χ4n) is 3.60. The number of imidazole rings is 1. The average Bonchev–Trinajstić information content (AvgIpc) is 3.26. The lowest BCUT2D eigenvalue weighted by Gasteiger charge is -2.10. The van der Waals surface area contributed by atoms with Crippen LogP contribution in [0.25, 0.3) is 28.4 Å². The second-order valence-electron chi connectivity index (χ2n) is 6.95. The maximum atomic E-state index is 9.72. The van der Waals surface area contributed by atoms with E-state index in [4.69, 9.17) is 0 Å². The van der Waals surface area contributed by atoms with E-state index in [1.54, 1.807) is 0 Å².